The number of nitrogens with zero attached hydrogens (tertiary/aromatic N) is 1. The first-order chi connectivity index (χ1) is 15.2. The van der Waals surface area contributed by atoms with Gasteiger partial charge in [-0.15, -0.1) is 0 Å². The van der Waals surface area contributed by atoms with E-state index in [1.165, 1.54) is 37.8 Å². The van der Waals surface area contributed by atoms with E-state index in [0.717, 1.165) is 5.56 Å². The van der Waals surface area contributed by atoms with Gasteiger partial charge in [-0.25, -0.2) is 8.42 Å². The lowest BCUT2D eigenvalue weighted by Crippen LogP contribution is -2.41. The molecule has 32 heavy (non-hydrogen) atoms. The summed E-state index contributed by atoms with van der Waals surface area (Å²) in [4.78, 5) is 12.9. The van der Waals surface area contributed by atoms with Gasteiger partial charge in [0.2, 0.25) is 15.9 Å². The van der Waals surface area contributed by atoms with Crippen molar-refractivity contribution in [3.63, 3.8) is 0 Å². The van der Waals surface area contributed by atoms with E-state index in [1.54, 1.807) is 18.2 Å². The molecule has 1 aliphatic rings. The monoisotopic (exact) mass is 482 g/mol. The molecule has 0 bridgehead atoms. The number of ether oxygens (including phenoxy) is 3. The lowest BCUT2D eigenvalue weighted by atomic mass is 9.97. The Kier molecular flexibility index (Phi) is 7.53. The van der Waals surface area contributed by atoms with Crippen LogP contribution in [0.3, 0.4) is 0 Å². The molecule has 1 saturated heterocycles. The molecule has 3 rings (SSSR count). The third kappa shape index (κ3) is 4.95. The molecule has 0 unspecified atom stereocenters. The minimum absolute atomic E-state index is 0.124. The van der Waals surface area contributed by atoms with Crippen LogP contribution in [0.15, 0.2) is 35.2 Å². The Morgan fingerprint density at radius 1 is 1.00 bits per heavy atom. The number of methoxy groups -OCH3 is 3. The van der Waals surface area contributed by atoms with Crippen LogP contribution in [0.4, 0.5) is 5.69 Å². The molecule has 174 valence electrons. The fourth-order valence-corrected chi connectivity index (χ4v) is 5.29. The highest BCUT2D eigenvalue weighted by Gasteiger charge is 2.33. The van der Waals surface area contributed by atoms with Crippen molar-refractivity contribution in [2.75, 3.05) is 39.7 Å². The van der Waals surface area contributed by atoms with Gasteiger partial charge in [0.15, 0.2) is 11.5 Å². The van der Waals surface area contributed by atoms with Crippen LogP contribution in [0.2, 0.25) is 5.02 Å². The van der Waals surface area contributed by atoms with E-state index in [0.29, 0.717) is 40.8 Å². The normalized spacial score (nSPS) is 15.3. The molecule has 0 saturated carbocycles. The summed E-state index contributed by atoms with van der Waals surface area (Å²) in [7, 11) is 0.734. The molecule has 1 amide bonds. The van der Waals surface area contributed by atoms with Crippen LogP contribution >= 0.6 is 11.6 Å². The van der Waals surface area contributed by atoms with Gasteiger partial charge in [-0.2, -0.15) is 4.31 Å². The molecule has 2 aromatic carbocycles. The maximum Gasteiger partial charge on any atom is 0.243 e. The van der Waals surface area contributed by atoms with Gasteiger partial charge in [-0.1, -0.05) is 11.6 Å². The van der Waals surface area contributed by atoms with E-state index < -0.39 is 10.0 Å². The highest BCUT2D eigenvalue weighted by molar-refractivity contribution is 7.89. The Morgan fingerprint density at radius 3 is 2.22 bits per heavy atom. The minimum atomic E-state index is -3.72. The van der Waals surface area contributed by atoms with Crippen LogP contribution in [-0.2, 0) is 14.8 Å². The minimum Gasteiger partial charge on any atom is -0.495 e. The Hall–Kier alpha value is -2.49. The molecule has 0 aromatic heterocycles. The number of halogens is 1. The highest BCUT2D eigenvalue weighted by Crippen LogP contribution is 2.34. The van der Waals surface area contributed by atoms with Gasteiger partial charge in [-0.3, -0.25) is 4.79 Å². The smallest absolute Gasteiger partial charge is 0.243 e. The molecule has 0 spiro atoms. The average Bonchev–Trinajstić information content (AvgIpc) is 2.80. The van der Waals surface area contributed by atoms with Crippen molar-refractivity contribution in [1.29, 1.82) is 0 Å². The summed E-state index contributed by atoms with van der Waals surface area (Å²) in [6.45, 7) is 2.33. The number of amides is 1. The predicted octanol–water partition coefficient (Wildman–Crippen LogP) is 3.71. The molecule has 1 aliphatic heterocycles. The standard InChI is InChI=1S/C22H27ClN2O6S/c1-14-11-18(20(30-3)13-17(14)23)24-22(26)15-7-9-25(10-8-15)32(27,28)16-5-6-19(29-2)21(12-16)31-4/h5-6,11-13,15H,7-10H2,1-4H3,(H,24,26). The van der Waals surface area contributed by atoms with Gasteiger partial charge in [0.05, 0.1) is 31.9 Å². The number of rotatable bonds is 7. The molecular formula is C22H27ClN2O6S. The van der Waals surface area contributed by atoms with Crippen molar-refractivity contribution in [3.05, 3.63) is 40.9 Å². The Morgan fingerprint density at radius 2 is 1.62 bits per heavy atom. The molecule has 1 N–H and O–H groups in total. The second-order valence-corrected chi connectivity index (χ2v) is 9.83. The first-order valence-electron chi connectivity index (χ1n) is 10.1. The average molecular weight is 483 g/mol. The van der Waals surface area contributed by atoms with Crippen molar-refractivity contribution >= 4 is 33.2 Å². The van der Waals surface area contributed by atoms with Crippen LogP contribution in [0.25, 0.3) is 0 Å². The number of piperidine rings is 1. The summed E-state index contributed by atoms with van der Waals surface area (Å²) in [5.74, 6) is 0.785. The zero-order chi connectivity index (χ0) is 23.5. The Bertz CT molecular complexity index is 1100. The van der Waals surface area contributed by atoms with E-state index >= 15 is 0 Å². The summed E-state index contributed by atoms with van der Waals surface area (Å²) in [6, 6.07) is 7.92. The molecule has 10 heteroatoms. The van der Waals surface area contributed by atoms with Crippen LogP contribution in [0, 0.1) is 12.8 Å². The molecule has 2 aromatic rings. The lowest BCUT2D eigenvalue weighted by Gasteiger charge is -2.30. The van der Waals surface area contributed by atoms with Crippen molar-refractivity contribution in [2.45, 2.75) is 24.7 Å². The van der Waals surface area contributed by atoms with Crippen LogP contribution in [-0.4, -0.2) is 53.0 Å². The second-order valence-electron chi connectivity index (χ2n) is 7.49. The Balaban J connectivity index is 1.68. The molecule has 0 aliphatic carbocycles. The maximum absolute atomic E-state index is 13.1. The third-order valence-corrected chi connectivity index (χ3v) is 7.86. The molecule has 1 heterocycles. The highest BCUT2D eigenvalue weighted by atomic mass is 35.5. The SMILES string of the molecule is COc1cc(Cl)c(C)cc1NC(=O)C1CCN(S(=O)(=O)c2ccc(OC)c(OC)c2)CC1. The van der Waals surface area contributed by atoms with E-state index in [1.807, 2.05) is 6.92 Å². The van der Waals surface area contributed by atoms with Crippen LogP contribution in [0.1, 0.15) is 18.4 Å². The summed E-state index contributed by atoms with van der Waals surface area (Å²) >= 11 is 6.13. The Labute approximate surface area is 193 Å². The van der Waals surface area contributed by atoms with Crippen LogP contribution < -0.4 is 19.5 Å². The zero-order valence-corrected chi connectivity index (χ0v) is 20.0. The number of sulfonamides is 1. The van der Waals surface area contributed by atoms with E-state index in [9.17, 15) is 13.2 Å². The number of nitrogens with one attached hydrogen (secondary N) is 1. The number of hydrogen-bond acceptors (Lipinski definition) is 6. The van der Waals surface area contributed by atoms with Gasteiger partial charge in [0, 0.05) is 36.2 Å². The molecule has 8 nitrogen and oxygen atoms in total. The maximum atomic E-state index is 13.1. The number of hydrogen-bond donors (Lipinski definition) is 1. The molecule has 0 atom stereocenters. The fraction of sp³-hybridized carbons (Fsp3) is 0.409. The van der Waals surface area contributed by atoms with E-state index in [-0.39, 0.29) is 29.8 Å². The number of carbonyl (C=O) groups is 1. The quantitative estimate of drug-likeness (QED) is 0.646. The number of aryl methyl sites for hydroxylation is 1. The summed E-state index contributed by atoms with van der Waals surface area (Å²) < 4.78 is 43.2. The van der Waals surface area contributed by atoms with Gasteiger partial charge >= 0.3 is 0 Å². The van der Waals surface area contributed by atoms with Crippen molar-refractivity contribution < 1.29 is 27.4 Å². The number of benzene rings is 2. The fourth-order valence-electron chi connectivity index (χ4n) is 3.65. The molecular weight excluding hydrogens is 456 g/mol. The third-order valence-electron chi connectivity index (χ3n) is 5.56. The van der Waals surface area contributed by atoms with E-state index in [4.69, 9.17) is 25.8 Å². The van der Waals surface area contributed by atoms with E-state index in [2.05, 4.69) is 5.32 Å². The first kappa shape index (κ1) is 24.2. The summed E-state index contributed by atoms with van der Waals surface area (Å²) in [6.07, 6.45) is 0.820. The number of anilines is 1. The van der Waals surface area contributed by atoms with Gasteiger partial charge < -0.3 is 19.5 Å². The van der Waals surface area contributed by atoms with Crippen molar-refractivity contribution in [1.82, 2.24) is 4.31 Å². The first-order valence-corrected chi connectivity index (χ1v) is 11.9. The largest absolute Gasteiger partial charge is 0.495 e. The molecule has 0 radical (unpaired) electrons. The lowest BCUT2D eigenvalue weighted by molar-refractivity contribution is -0.120. The van der Waals surface area contributed by atoms with Crippen molar-refractivity contribution in [2.24, 2.45) is 5.92 Å². The van der Waals surface area contributed by atoms with Crippen molar-refractivity contribution in [3.8, 4) is 17.2 Å². The van der Waals surface area contributed by atoms with Crippen LogP contribution in [0.5, 0.6) is 17.2 Å². The zero-order valence-electron chi connectivity index (χ0n) is 18.5. The predicted molar refractivity (Wildman–Crippen MR) is 122 cm³/mol. The van der Waals surface area contributed by atoms with Gasteiger partial charge in [0.1, 0.15) is 5.75 Å². The van der Waals surface area contributed by atoms with Gasteiger partial charge in [-0.05, 0) is 43.5 Å². The topological polar surface area (TPSA) is 94.2 Å². The second kappa shape index (κ2) is 9.97. The summed E-state index contributed by atoms with van der Waals surface area (Å²) in [5, 5.41) is 3.44. The summed E-state index contributed by atoms with van der Waals surface area (Å²) in [5.41, 5.74) is 1.36. The van der Waals surface area contributed by atoms with Gasteiger partial charge in [0.25, 0.3) is 0 Å². The molecule has 1 fully saturated rings. The number of carbonyl (C=O) groups excluding carboxylic acids is 1.